The van der Waals surface area contributed by atoms with Crippen molar-refractivity contribution in [1.82, 2.24) is 10.2 Å². The Hall–Kier alpha value is -4.05. The van der Waals surface area contributed by atoms with Gasteiger partial charge in [0.2, 0.25) is 11.8 Å². The maximum atomic E-state index is 14.0. The summed E-state index contributed by atoms with van der Waals surface area (Å²) in [6.07, 6.45) is 0. The van der Waals surface area contributed by atoms with Crippen molar-refractivity contribution in [2.24, 2.45) is 0 Å². The number of sulfonamides is 1. The number of methoxy groups -OCH3 is 2. The van der Waals surface area contributed by atoms with Crippen molar-refractivity contribution in [2.75, 3.05) is 25.1 Å². The second-order valence-electron chi connectivity index (χ2n) is 9.71. The third-order valence-electron chi connectivity index (χ3n) is 6.34. The van der Waals surface area contributed by atoms with Gasteiger partial charge in [0.25, 0.3) is 10.0 Å². The Bertz CT molecular complexity index is 1410. The van der Waals surface area contributed by atoms with Gasteiger partial charge in [-0.3, -0.25) is 13.9 Å². The first-order chi connectivity index (χ1) is 19.0. The molecule has 0 radical (unpaired) electrons. The fourth-order valence-electron chi connectivity index (χ4n) is 4.11. The molecule has 0 saturated carbocycles. The van der Waals surface area contributed by atoms with Crippen LogP contribution in [0.15, 0.2) is 77.7 Å². The zero-order valence-corrected chi connectivity index (χ0v) is 24.6. The van der Waals surface area contributed by atoms with Crippen molar-refractivity contribution >= 4 is 27.5 Å². The zero-order chi connectivity index (χ0) is 29.4. The summed E-state index contributed by atoms with van der Waals surface area (Å²) in [4.78, 5) is 28.4. The van der Waals surface area contributed by atoms with Gasteiger partial charge in [-0.2, -0.15) is 0 Å². The number of carbonyl (C=O) groups excluding carboxylic acids is 2. The molecule has 9 nitrogen and oxygen atoms in total. The molecule has 0 fully saturated rings. The molecular formula is C30H37N3O6S. The quantitative estimate of drug-likeness (QED) is 0.353. The van der Waals surface area contributed by atoms with Crippen molar-refractivity contribution < 1.29 is 27.5 Å². The number of ether oxygens (including phenoxy) is 2. The Morgan fingerprint density at radius 2 is 1.50 bits per heavy atom. The van der Waals surface area contributed by atoms with Crippen molar-refractivity contribution in [1.29, 1.82) is 0 Å². The molecule has 40 heavy (non-hydrogen) atoms. The van der Waals surface area contributed by atoms with Crippen LogP contribution in [0.4, 0.5) is 5.69 Å². The summed E-state index contributed by atoms with van der Waals surface area (Å²) in [6, 6.07) is 19.3. The van der Waals surface area contributed by atoms with Gasteiger partial charge in [0.05, 0.1) is 24.8 Å². The third kappa shape index (κ3) is 7.32. The molecular weight excluding hydrogens is 530 g/mol. The summed E-state index contributed by atoms with van der Waals surface area (Å²) in [5.41, 5.74) is 1.91. The molecule has 0 spiro atoms. The van der Waals surface area contributed by atoms with E-state index in [1.165, 1.54) is 37.3 Å². The van der Waals surface area contributed by atoms with Gasteiger partial charge in [0, 0.05) is 18.7 Å². The molecule has 3 aromatic carbocycles. The predicted octanol–water partition coefficient (Wildman–Crippen LogP) is 4.15. The van der Waals surface area contributed by atoms with Gasteiger partial charge in [0.1, 0.15) is 12.6 Å². The molecule has 214 valence electrons. The summed E-state index contributed by atoms with van der Waals surface area (Å²) >= 11 is 0. The van der Waals surface area contributed by atoms with E-state index in [1.807, 2.05) is 51.1 Å². The average Bonchev–Trinajstić information content (AvgIpc) is 2.94. The highest BCUT2D eigenvalue weighted by Crippen LogP contribution is 2.34. The van der Waals surface area contributed by atoms with Crippen LogP contribution in [0.2, 0.25) is 0 Å². The Labute approximate surface area is 236 Å². The first-order valence-electron chi connectivity index (χ1n) is 12.9. The van der Waals surface area contributed by atoms with E-state index in [4.69, 9.17) is 9.47 Å². The maximum Gasteiger partial charge on any atom is 0.264 e. The van der Waals surface area contributed by atoms with Crippen LogP contribution in [-0.2, 0) is 26.2 Å². The minimum absolute atomic E-state index is 0.0286. The lowest BCUT2D eigenvalue weighted by atomic mass is 10.1. The molecule has 3 rings (SSSR count). The van der Waals surface area contributed by atoms with Crippen LogP contribution in [0.25, 0.3) is 0 Å². The molecule has 10 heteroatoms. The molecule has 1 atom stereocenters. The van der Waals surface area contributed by atoms with Crippen LogP contribution in [0.1, 0.15) is 31.9 Å². The number of aryl methyl sites for hydroxylation is 1. The molecule has 0 aliphatic carbocycles. The number of nitrogens with one attached hydrogen (secondary N) is 1. The van der Waals surface area contributed by atoms with Crippen LogP contribution in [0, 0.1) is 6.92 Å². The van der Waals surface area contributed by atoms with E-state index in [2.05, 4.69) is 5.32 Å². The number of benzene rings is 3. The Morgan fingerprint density at radius 1 is 0.875 bits per heavy atom. The van der Waals surface area contributed by atoms with Gasteiger partial charge < -0.3 is 19.7 Å². The maximum absolute atomic E-state index is 14.0. The SMILES string of the molecule is COc1ccc(N(CC(=O)N(Cc2ccccc2)[C@@H](C)C(=O)NC(C)C)S(=O)(=O)c2ccc(C)cc2)cc1OC. The standard InChI is InChI=1S/C30H37N3O6S/c1-21(2)31-30(35)23(4)32(19-24-10-8-7-9-11-24)29(34)20-33(25-14-17-27(38-5)28(18-25)39-6)40(36,37)26-15-12-22(3)13-16-26/h7-18,21,23H,19-20H2,1-6H3,(H,31,35)/t23-/m0/s1. The minimum atomic E-state index is -4.19. The average molecular weight is 568 g/mol. The van der Waals surface area contributed by atoms with Crippen molar-refractivity contribution in [3.63, 3.8) is 0 Å². The molecule has 0 aromatic heterocycles. The fourth-order valence-corrected chi connectivity index (χ4v) is 5.52. The number of nitrogens with zero attached hydrogens (tertiary/aromatic N) is 2. The van der Waals surface area contributed by atoms with E-state index in [9.17, 15) is 18.0 Å². The molecule has 3 aromatic rings. The van der Waals surface area contributed by atoms with Gasteiger partial charge in [-0.05, 0) is 57.5 Å². The Balaban J connectivity index is 2.08. The van der Waals surface area contributed by atoms with Crippen molar-refractivity contribution in [3.05, 3.63) is 83.9 Å². The van der Waals surface area contributed by atoms with Crippen LogP contribution in [0.5, 0.6) is 11.5 Å². The fraction of sp³-hybridized carbons (Fsp3) is 0.333. The normalized spacial score (nSPS) is 12.0. The van der Waals surface area contributed by atoms with E-state index < -0.39 is 28.5 Å². The summed E-state index contributed by atoms with van der Waals surface area (Å²) in [5.74, 6) is -0.156. The van der Waals surface area contributed by atoms with Gasteiger partial charge >= 0.3 is 0 Å². The Morgan fingerprint density at radius 3 is 2.08 bits per heavy atom. The zero-order valence-electron chi connectivity index (χ0n) is 23.7. The predicted molar refractivity (Wildman–Crippen MR) is 155 cm³/mol. The number of carbonyl (C=O) groups is 2. The van der Waals surface area contributed by atoms with Crippen molar-refractivity contribution in [3.8, 4) is 11.5 Å². The highest BCUT2D eigenvalue weighted by atomic mass is 32.2. The number of amides is 2. The van der Waals surface area contributed by atoms with Crippen LogP contribution in [0.3, 0.4) is 0 Å². The molecule has 0 aliphatic rings. The topological polar surface area (TPSA) is 105 Å². The van der Waals surface area contributed by atoms with E-state index >= 15 is 0 Å². The number of anilines is 1. The first kappa shape index (κ1) is 30.5. The Kier molecular flexibility index (Phi) is 10.2. The largest absolute Gasteiger partial charge is 0.493 e. The van der Waals surface area contributed by atoms with Gasteiger partial charge in [0.15, 0.2) is 11.5 Å². The van der Waals surface area contributed by atoms with Crippen LogP contribution in [-0.4, -0.2) is 58.0 Å². The van der Waals surface area contributed by atoms with Crippen molar-refractivity contribution in [2.45, 2.75) is 51.2 Å². The summed E-state index contributed by atoms with van der Waals surface area (Å²) in [5, 5.41) is 2.84. The number of rotatable bonds is 12. The minimum Gasteiger partial charge on any atom is -0.493 e. The van der Waals surface area contributed by atoms with Crippen LogP contribution >= 0.6 is 0 Å². The third-order valence-corrected chi connectivity index (χ3v) is 8.13. The molecule has 0 saturated heterocycles. The summed E-state index contributed by atoms with van der Waals surface area (Å²) < 4.78 is 39.7. The molecule has 0 unspecified atom stereocenters. The first-order valence-corrected chi connectivity index (χ1v) is 14.4. The molecule has 2 amide bonds. The second-order valence-corrected chi connectivity index (χ2v) is 11.6. The monoisotopic (exact) mass is 567 g/mol. The smallest absolute Gasteiger partial charge is 0.264 e. The number of hydrogen-bond donors (Lipinski definition) is 1. The van der Waals surface area contributed by atoms with Crippen LogP contribution < -0.4 is 19.1 Å². The molecule has 1 N–H and O–H groups in total. The molecule has 0 aliphatic heterocycles. The van der Waals surface area contributed by atoms with E-state index in [-0.39, 0.29) is 29.1 Å². The highest BCUT2D eigenvalue weighted by molar-refractivity contribution is 7.92. The van der Waals surface area contributed by atoms with E-state index in [1.54, 1.807) is 31.2 Å². The molecule has 0 bridgehead atoms. The summed E-state index contributed by atoms with van der Waals surface area (Å²) in [7, 11) is -1.27. The lowest BCUT2D eigenvalue weighted by Gasteiger charge is -2.32. The van der Waals surface area contributed by atoms with E-state index in [0.29, 0.717) is 11.5 Å². The second kappa shape index (κ2) is 13.3. The lowest BCUT2D eigenvalue weighted by Crippen LogP contribution is -2.52. The molecule has 0 heterocycles. The summed E-state index contributed by atoms with van der Waals surface area (Å²) in [6.45, 7) is 6.74. The van der Waals surface area contributed by atoms with E-state index in [0.717, 1.165) is 15.4 Å². The van der Waals surface area contributed by atoms with Gasteiger partial charge in [-0.1, -0.05) is 48.0 Å². The number of hydrogen-bond acceptors (Lipinski definition) is 6. The highest BCUT2D eigenvalue weighted by Gasteiger charge is 2.33. The van der Waals surface area contributed by atoms with Gasteiger partial charge in [-0.25, -0.2) is 8.42 Å². The van der Waals surface area contributed by atoms with Gasteiger partial charge in [-0.15, -0.1) is 0 Å². The lowest BCUT2D eigenvalue weighted by molar-refractivity contribution is -0.139.